The molecule has 32 heavy (non-hydrogen) atoms. The molecule has 1 aromatic carbocycles. The summed E-state index contributed by atoms with van der Waals surface area (Å²) < 4.78 is 11.4. The number of likely N-dealkylation sites (N-methyl/N-ethyl adjacent to an activating group) is 1. The van der Waals surface area contributed by atoms with Gasteiger partial charge in [-0.3, -0.25) is 19.7 Å². The minimum Gasteiger partial charge on any atom is -0.467 e. The van der Waals surface area contributed by atoms with E-state index in [0.29, 0.717) is 11.4 Å². The number of benzene rings is 1. The number of nitro groups is 1. The molecule has 0 fully saturated rings. The van der Waals surface area contributed by atoms with E-state index in [-0.39, 0.29) is 23.5 Å². The number of esters is 1. The van der Waals surface area contributed by atoms with E-state index in [1.165, 1.54) is 36.0 Å². The second kappa shape index (κ2) is 9.60. The van der Waals surface area contributed by atoms with Gasteiger partial charge in [0.05, 0.1) is 35.2 Å². The van der Waals surface area contributed by atoms with Gasteiger partial charge in [-0.25, -0.2) is 4.79 Å². The van der Waals surface area contributed by atoms with Crippen LogP contribution in [-0.2, 0) is 23.1 Å². The van der Waals surface area contributed by atoms with Crippen LogP contribution in [0.25, 0.3) is 0 Å². The van der Waals surface area contributed by atoms with Crippen molar-refractivity contribution in [2.24, 2.45) is 7.05 Å². The molecular weight excluding hydrogens is 420 g/mol. The minimum atomic E-state index is -0.883. The van der Waals surface area contributed by atoms with Crippen LogP contribution in [0.2, 0.25) is 0 Å². The monoisotopic (exact) mass is 440 g/mol. The molecule has 0 aliphatic rings. The van der Waals surface area contributed by atoms with Crippen molar-refractivity contribution in [2.45, 2.75) is 6.54 Å². The fourth-order valence-corrected chi connectivity index (χ4v) is 2.92. The first-order valence-corrected chi connectivity index (χ1v) is 9.42. The number of hydrogen-bond donors (Lipinski definition) is 1. The average molecular weight is 440 g/mol. The normalized spacial score (nSPS) is 10.4. The molecule has 0 aliphatic heterocycles. The molecular formula is C21H20N4O7. The molecule has 3 aromatic rings. The molecule has 0 spiro atoms. The summed E-state index contributed by atoms with van der Waals surface area (Å²) >= 11 is 0. The highest BCUT2D eigenvalue weighted by atomic mass is 16.6. The highest BCUT2D eigenvalue weighted by Crippen LogP contribution is 2.20. The molecule has 2 amide bonds. The van der Waals surface area contributed by atoms with Crippen molar-refractivity contribution in [3.05, 3.63) is 82.1 Å². The smallest absolute Gasteiger partial charge is 0.355 e. The molecule has 0 saturated carbocycles. The van der Waals surface area contributed by atoms with Gasteiger partial charge in [-0.1, -0.05) is 12.1 Å². The summed E-state index contributed by atoms with van der Waals surface area (Å²) in [5, 5.41) is 13.6. The standard InChI is InChI=1S/C21H20N4O7/c1-23-12-14(25(29)30)10-18(23)21(28)32-13-19(26)24(2)17-8-4-3-7-16(17)20(27)22-11-15-6-5-9-31-15/h3-10,12H,11,13H2,1-2H3,(H,22,27). The maximum Gasteiger partial charge on any atom is 0.355 e. The Hall–Kier alpha value is -4.41. The van der Waals surface area contributed by atoms with E-state index < -0.39 is 29.3 Å². The fourth-order valence-electron chi connectivity index (χ4n) is 2.92. The van der Waals surface area contributed by atoms with Crippen molar-refractivity contribution < 1.29 is 28.5 Å². The van der Waals surface area contributed by atoms with E-state index in [2.05, 4.69) is 5.32 Å². The van der Waals surface area contributed by atoms with Gasteiger partial charge in [-0.2, -0.15) is 0 Å². The van der Waals surface area contributed by atoms with Crippen LogP contribution in [0.5, 0.6) is 0 Å². The number of rotatable bonds is 8. The van der Waals surface area contributed by atoms with Crippen molar-refractivity contribution in [2.75, 3.05) is 18.6 Å². The fraction of sp³-hybridized carbons (Fsp3) is 0.190. The van der Waals surface area contributed by atoms with Crippen LogP contribution in [0.3, 0.4) is 0 Å². The first-order valence-electron chi connectivity index (χ1n) is 9.42. The number of nitrogens with one attached hydrogen (secondary N) is 1. The lowest BCUT2D eigenvalue weighted by molar-refractivity contribution is -0.384. The number of nitrogens with zero attached hydrogens (tertiary/aromatic N) is 3. The quantitative estimate of drug-likeness (QED) is 0.322. The molecule has 0 aliphatic carbocycles. The molecule has 0 unspecified atom stereocenters. The Morgan fingerprint density at radius 2 is 1.97 bits per heavy atom. The van der Waals surface area contributed by atoms with Crippen molar-refractivity contribution in [3.63, 3.8) is 0 Å². The van der Waals surface area contributed by atoms with Crippen LogP contribution >= 0.6 is 0 Å². The zero-order valence-corrected chi connectivity index (χ0v) is 17.3. The van der Waals surface area contributed by atoms with Crippen LogP contribution in [0.15, 0.2) is 59.3 Å². The van der Waals surface area contributed by atoms with Crippen molar-refractivity contribution in [1.82, 2.24) is 9.88 Å². The van der Waals surface area contributed by atoms with Crippen LogP contribution in [0, 0.1) is 10.1 Å². The van der Waals surface area contributed by atoms with Crippen molar-refractivity contribution in [3.8, 4) is 0 Å². The average Bonchev–Trinajstić information content (AvgIpc) is 3.44. The minimum absolute atomic E-state index is 0.0649. The first-order chi connectivity index (χ1) is 15.3. The molecule has 0 bridgehead atoms. The SMILES string of the molecule is CN(C(=O)COC(=O)c1cc([N+](=O)[O-])cn1C)c1ccccc1C(=O)NCc1ccco1. The van der Waals surface area contributed by atoms with Crippen LogP contribution in [-0.4, -0.2) is 40.9 Å². The molecule has 11 nitrogen and oxygen atoms in total. The van der Waals surface area contributed by atoms with E-state index in [1.54, 1.807) is 36.4 Å². The number of aryl methyl sites for hydroxylation is 1. The third-order valence-electron chi connectivity index (χ3n) is 4.62. The van der Waals surface area contributed by atoms with Crippen molar-refractivity contribution in [1.29, 1.82) is 0 Å². The van der Waals surface area contributed by atoms with E-state index in [4.69, 9.17) is 9.15 Å². The van der Waals surface area contributed by atoms with Gasteiger partial charge in [-0.15, -0.1) is 0 Å². The topological polar surface area (TPSA) is 137 Å². The van der Waals surface area contributed by atoms with Gasteiger partial charge in [0.1, 0.15) is 11.5 Å². The molecule has 0 radical (unpaired) electrons. The zero-order valence-electron chi connectivity index (χ0n) is 17.3. The number of aromatic nitrogens is 1. The Kier molecular flexibility index (Phi) is 6.68. The zero-order chi connectivity index (χ0) is 23.3. The van der Waals surface area contributed by atoms with E-state index in [1.807, 2.05) is 0 Å². The molecule has 0 saturated heterocycles. The lowest BCUT2D eigenvalue weighted by Crippen LogP contribution is -2.33. The Labute approximate surface area is 182 Å². The number of hydrogen-bond acceptors (Lipinski definition) is 7. The number of furan rings is 1. The third kappa shape index (κ3) is 5.01. The summed E-state index contributed by atoms with van der Waals surface area (Å²) in [6, 6.07) is 11.0. The van der Waals surface area contributed by atoms with E-state index in [0.717, 1.165) is 6.07 Å². The summed E-state index contributed by atoms with van der Waals surface area (Å²) in [6.07, 6.45) is 2.67. The van der Waals surface area contributed by atoms with Crippen LogP contribution in [0.4, 0.5) is 11.4 Å². The molecule has 2 heterocycles. The Morgan fingerprint density at radius 3 is 2.62 bits per heavy atom. The largest absolute Gasteiger partial charge is 0.467 e. The summed E-state index contributed by atoms with van der Waals surface area (Å²) in [4.78, 5) is 48.8. The number of carbonyl (C=O) groups excluding carboxylic acids is 3. The molecule has 11 heteroatoms. The Morgan fingerprint density at radius 1 is 1.22 bits per heavy atom. The summed E-state index contributed by atoms with van der Waals surface area (Å²) in [5.41, 5.74) is 0.238. The van der Waals surface area contributed by atoms with Crippen LogP contribution < -0.4 is 10.2 Å². The lowest BCUT2D eigenvalue weighted by Gasteiger charge is -2.20. The Bertz CT molecular complexity index is 1150. The number of carbonyl (C=O) groups is 3. The number of ether oxygens (including phenoxy) is 1. The maximum absolute atomic E-state index is 12.6. The Balaban J connectivity index is 1.65. The summed E-state index contributed by atoms with van der Waals surface area (Å²) in [7, 11) is 2.90. The number of amides is 2. The predicted octanol–water partition coefficient (Wildman–Crippen LogP) is 2.28. The predicted molar refractivity (Wildman–Crippen MR) is 112 cm³/mol. The molecule has 0 atom stereocenters. The van der Waals surface area contributed by atoms with E-state index >= 15 is 0 Å². The number of para-hydroxylation sites is 1. The van der Waals surface area contributed by atoms with Gasteiger partial charge in [0.2, 0.25) is 0 Å². The van der Waals surface area contributed by atoms with Crippen LogP contribution in [0.1, 0.15) is 26.6 Å². The maximum atomic E-state index is 12.6. The van der Waals surface area contributed by atoms with Gasteiger partial charge in [-0.05, 0) is 24.3 Å². The highest BCUT2D eigenvalue weighted by molar-refractivity contribution is 6.05. The molecule has 3 rings (SSSR count). The first kappa shape index (κ1) is 22.3. The second-order valence-electron chi connectivity index (χ2n) is 6.76. The van der Waals surface area contributed by atoms with Gasteiger partial charge >= 0.3 is 5.97 Å². The molecule has 166 valence electrons. The second-order valence-corrected chi connectivity index (χ2v) is 6.76. The van der Waals surface area contributed by atoms with Gasteiger partial charge in [0.25, 0.3) is 17.5 Å². The molecule has 2 aromatic heterocycles. The summed E-state index contributed by atoms with van der Waals surface area (Å²) in [5.74, 6) is -1.31. The summed E-state index contributed by atoms with van der Waals surface area (Å²) in [6.45, 7) is -0.436. The van der Waals surface area contributed by atoms with Gasteiger partial charge in [0.15, 0.2) is 6.61 Å². The van der Waals surface area contributed by atoms with Gasteiger partial charge in [0, 0.05) is 20.2 Å². The van der Waals surface area contributed by atoms with Crippen molar-refractivity contribution >= 4 is 29.2 Å². The highest BCUT2D eigenvalue weighted by Gasteiger charge is 2.22. The molecule has 1 N–H and O–H groups in total. The van der Waals surface area contributed by atoms with E-state index in [9.17, 15) is 24.5 Å². The third-order valence-corrected chi connectivity index (χ3v) is 4.62. The van der Waals surface area contributed by atoms with Gasteiger partial charge < -0.3 is 23.9 Å². The lowest BCUT2D eigenvalue weighted by atomic mass is 10.1. The number of anilines is 1.